The van der Waals surface area contributed by atoms with Crippen molar-refractivity contribution in [2.24, 2.45) is 11.8 Å². The van der Waals surface area contributed by atoms with Crippen LogP contribution in [0.3, 0.4) is 0 Å². The Labute approximate surface area is 568 Å². The minimum atomic E-state index is -4.95. The van der Waals surface area contributed by atoms with Crippen molar-refractivity contribution in [2.75, 3.05) is 39.6 Å². The van der Waals surface area contributed by atoms with E-state index >= 15 is 0 Å². The molecule has 0 heterocycles. The van der Waals surface area contributed by atoms with Gasteiger partial charge in [0.1, 0.15) is 19.3 Å². The summed E-state index contributed by atoms with van der Waals surface area (Å²) in [5.74, 6) is -0.545. The summed E-state index contributed by atoms with van der Waals surface area (Å²) in [6.45, 7) is 9.59. The number of hydrogen-bond acceptors (Lipinski definition) is 15. The van der Waals surface area contributed by atoms with Crippen molar-refractivity contribution in [3.63, 3.8) is 0 Å². The lowest BCUT2D eigenvalue weighted by atomic mass is 9.99. The second-order valence-electron chi connectivity index (χ2n) is 27.4. The highest BCUT2D eigenvalue weighted by molar-refractivity contribution is 7.47. The average molecular weight is 1370 g/mol. The van der Waals surface area contributed by atoms with Crippen LogP contribution >= 0.6 is 15.6 Å². The van der Waals surface area contributed by atoms with Gasteiger partial charge in [0.05, 0.1) is 26.4 Å². The summed E-state index contributed by atoms with van der Waals surface area (Å²) in [4.78, 5) is 72.7. The van der Waals surface area contributed by atoms with Gasteiger partial charge in [0, 0.05) is 25.7 Å². The van der Waals surface area contributed by atoms with E-state index in [1.807, 2.05) is 0 Å². The minimum Gasteiger partial charge on any atom is -0.462 e. The van der Waals surface area contributed by atoms with Gasteiger partial charge in [-0.15, -0.1) is 0 Å². The van der Waals surface area contributed by atoms with E-state index in [0.29, 0.717) is 25.7 Å². The van der Waals surface area contributed by atoms with Crippen LogP contribution in [0.1, 0.15) is 382 Å². The zero-order valence-electron chi connectivity index (χ0n) is 60.6. The maximum absolute atomic E-state index is 13.1. The van der Waals surface area contributed by atoms with E-state index in [0.717, 1.165) is 108 Å². The van der Waals surface area contributed by atoms with Gasteiger partial charge in [-0.25, -0.2) is 9.13 Å². The van der Waals surface area contributed by atoms with E-state index in [4.69, 9.17) is 37.0 Å². The highest BCUT2D eigenvalue weighted by Gasteiger charge is 2.30. The predicted molar refractivity (Wildman–Crippen MR) is 377 cm³/mol. The van der Waals surface area contributed by atoms with Crippen LogP contribution < -0.4 is 0 Å². The first-order valence-corrected chi connectivity index (χ1v) is 41.5. The van der Waals surface area contributed by atoms with Gasteiger partial charge < -0.3 is 33.8 Å². The van der Waals surface area contributed by atoms with Crippen LogP contribution in [0.2, 0.25) is 0 Å². The Bertz CT molecular complexity index is 1810. The highest BCUT2D eigenvalue weighted by atomic mass is 31.2. The topological polar surface area (TPSA) is 237 Å². The molecule has 19 heteroatoms. The molecular formula is C74H144O17P2. The standard InChI is InChI=1S/C74H144O17P2/c1-7-10-12-14-16-18-19-20-21-22-23-24-27-34-40-46-52-58-73(78)91-70(63-85-72(77)57-51-45-39-33-28-25-26-31-36-42-48-54-66(4)5)65-89-93(82,83)87-61-68(75)60-86-92(80,81)88-64-69(62-84-71(76)56-50-44-38-17-15-13-11-8-2)90-74(79)59-53-47-41-35-30-29-32-37-43-49-55-67(6)9-3/h66-70,75H,7-65H2,1-6H3,(H,80,81)(H,82,83)/t67?,68-,69+,70+/m0/s1. The number of phosphoric acid groups is 2. The Morgan fingerprint density at radius 1 is 0.312 bits per heavy atom. The molecule has 0 spiro atoms. The van der Waals surface area contributed by atoms with Crippen LogP contribution in [0.25, 0.3) is 0 Å². The molecule has 0 bridgehead atoms. The zero-order chi connectivity index (χ0) is 68.6. The van der Waals surface area contributed by atoms with Gasteiger partial charge in [0.25, 0.3) is 0 Å². The minimum absolute atomic E-state index is 0.106. The molecule has 0 radical (unpaired) electrons. The molecule has 17 nitrogen and oxygen atoms in total. The molecule has 552 valence electrons. The molecule has 0 rings (SSSR count). The molecule has 0 aromatic heterocycles. The summed E-state index contributed by atoms with van der Waals surface area (Å²) in [5, 5.41) is 10.6. The molecule has 0 aliphatic heterocycles. The SMILES string of the molecule is CCCCCCCCCCCCCCCCCCCC(=O)O[C@H](COC(=O)CCCCCCCCCCCCCC(C)C)COP(=O)(O)OC[C@@H](O)COP(=O)(O)OC[C@@H](COC(=O)CCCCCCCCCC)OC(=O)CCCCCCCCCCCCC(C)CC. The van der Waals surface area contributed by atoms with Crippen molar-refractivity contribution < 1.29 is 80.2 Å². The van der Waals surface area contributed by atoms with Crippen molar-refractivity contribution in [2.45, 2.75) is 400 Å². The molecule has 0 saturated carbocycles. The fraction of sp³-hybridized carbons (Fsp3) is 0.946. The quantitative estimate of drug-likeness (QED) is 0.0222. The summed E-state index contributed by atoms with van der Waals surface area (Å²) in [7, 11) is -9.90. The Hall–Kier alpha value is -1.94. The Kier molecular flexibility index (Phi) is 64.6. The molecule has 0 aromatic carbocycles. The van der Waals surface area contributed by atoms with E-state index in [1.54, 1.807) is 0 Å². The summed E-state index contributed by atoms with van der Waals surface area (Å²) in [6.07, 6.45) is 52.6. The summed E-state index contributed by atoms with van der Waals surface area (Å²) >= 11 is 0. The fourth-order valence-electron chi connectivity index (χ4n) is 11.3. The summed E-state index contributed by atoms with van der Waals surface area (Å²) < 4.78 is 68.4. The predicted octanol–water partition coefficient (Wildman–Crippen LogP) is 21.6. The lowest BCUT2D eigenvalue weighted by molar-refractivity contribution is -0.161. The molecule has 3 N–H and O–H groups in total. The number of ether oxygens (including phenoxy) is 4. The summed E-state index contributed by atoms with van der Waals surface area (Å²) in [6, 6.07) is 0. The third-order valence-electron chi connectivity index (χ3n) is 17.6. The lowest BCUT2D eigenvalue weighted by Gasteiger charge is -2.21. The molecular weight excluding hydrogens is 1220 g/mol. The van der Waals surface area contributed by atoms with E-state index in [9.17, 15) is 43.2 Å². The van der Waals surface area contributed by atoms with Crippen LogP contribution in [-0.4, -0.2) is 96.7 Å². The smallest absolute Gasteiger partial charge is 0.462 e. The first-order valence-electron chi connectivity index (χ1n) is 38.5. The number of aliphatic hydroxyl groups excluding tert-OH is 1. The number of carbonyl (C=O) groups excluding carboxylic acids is 4. The van der Waals surface area contributed by atoms with Crippen LogP contribution in [0.15, 0.2) is 0 Å². The molecule has 0 aromatic rings. The maximum Gasteiger partial charge on any atom is 0.472 e. The van der Waals surface area contributed by atoms with Crippen LogP contribution in [0.5, 0.6) is 0 Å². The van der Waals surface area contributed by atoms with Gasteiger partial charge in [-0.3, -0.25) is 37.3 Å². The van der Waals surface area contributed by atoms with Crippen molar-refractivity contribution in [3.8, 4) is 0 Å². The largest absolute Gasteiger partial charge is 0.472 e. The molecule has 0 fully saturated rings. The van der Waals surface area contributed by atoms with Crippen molar-refractivity contribution in [1.82, 2.24) is 0 Å². The van der Waals surface area contributed by atoms with E-state index in [1.165, 1.54) is 193 Å². The Morgan fingerprint density at radius 2 is 0.548 bits per heavy atom. The van der Waals surface area contributed by atoms with E-state index in [2.05, 4.69) is 41.5 Å². The van der Waals surface area contributed by atoms with Crippen molar-refractivity contribution in [3.05, 3.63) is 0 Å². The molecule has 3 unspecified atom stereocenters. The number of phosphoric ester groups is 2. The number of rotatable bonds is 73. The van der Waals surface area contributed by atoms with Gasteiger partial charge in [0.2, 0.25) is 0 Å². The Balaban J connectivity index is 5.22. The van der Waals surface area contributed by atoms with Gasteiger partial charge in [0.15, 0.2) is 12.2 Å². The number of hydrogen-bond donors (Lipinski definition) is 3. The second-order valence-corrected chi connectivity index (χ2v) is 30.3. The zero-order valence-corrected chi connectivity index (χ0v) is 62.3. The van der Waals surface area contributed by atoms with Gasteiger partial charge in [-0.1, -0.05) is 330 Å². The van der Waals surface area contributed by atoms with Gasteiger partial charge in [-0.2, -0.15) is 0 Å². The molecule has 93 heavy (non-hydrogen) atoms. The maximum atomic E-state index is 13.1. The number of carbonyl (C=O) groups is 4. The second kappa shape index (κ2) is 66.0. The number of aliphatic hydroxyl groups is 1. The van der Waals surface area contributed by atoms with Gasteiger partial charge >= 0.3 is 39.5 Å². The Morgan fingerprint density at radius 3 is 0.817 bits per heavy atom. The molecule has 6 atom stereocenters. The molecule has 0 amide bonds. The number of esters is 4. The van der Waals surface area contributed by atoms with Crippen LogP contribution in [-0.2, 0) is 65.4 Å². The van der Waals surface area contributed by atoms with E-state index < -0.39 is 97.5 Å². The third-order valence-corrected chi connectivity index (χ3v) is 19.5. The number of unbranched alkanes of at least 4 members (excludes halogenated alkanes) is 42. The first-order chi connectivity index (χ1) is 44.9. The van der Waals surface area contributed by atoms with E-state index in [-0.39, 0.29) is 25.7 Å². The third kappa shape index (κ3) is 67.0. The molecule has 0 saturated heterocycles. The van der Waals surface area contributed by atoms with Gasteiger partial charge in [-0.05, 0) is 37.5 Å². The molecule has 0 aliphatic carbocycles. The highest BCUT2D eigenvalue weighted by Crippen LogP contribution is 2.45. The first kappa shape index (κ1) is 91.1. The fourth-order valence-corrected chi connectivity index (χ4v) is 12.8. The normalized spacial score (nSPS) is 14.3. The van der Waals surface area contributed by atoms with Crippen LogP contribution in [0.4, 0.5) is 0 Å². The lowest BCUT2D eigenvalue weighted by Crippen LogP contribution is -2.30. The summed E-state index contributed by atoms with van der Waals surface area (Å²) in [5.41, 5.74) is 0. The molecule has 0 aliphatic rings. The monoisotopic (exact) mass is 1370 g/mol. The van der Waals surface area contributed by atoms with Crippen LogP contribution in [0, 0.1) is 11.8 Å². The van der Waals surface area contributed by atoms with Crippen molar-refractivity contribution >= 4 is 39.5 Å². The van der Waals surface area contributed by atoms with Crippen molar-refractivity contribution in [1.29, 1.82) is 0 Å². The average Bonchev–Trinajstić information content (AvgIpc) is 1.92.